The van der Waals surface area contributed by atoms with Crippen molar-refractivity contribution in [1.82, 2.24) is 14.7 Å². The topological polar surface area (TPSA) is 123 Å². The van der Waals surface area contributed by atoms with E-state index >= 15 is 0 Å². The highest BCUT2D eigenvalue weighted by Gasteiger charge is 2.30. The second kappa shape index (κ2) is 7.56. The summed E-state index contributed by atoms with van der Waals surface area (Å²) in [5, 5.41) is 2.28. The number of fused-ring (bicyclic) bond motifs is 1. The van der Waals surface area contributed by atoms with Crippen LogP contribution < -0.4 is 24.4 Å². The molecular weight excluding hydrogens is 406 g/mol. The first kappa shape index (κ1) is 19.8. The molecule has 148 valence electrons. The van der Waals surface area contributed by atoms with Gasteiger partial charge in [0, 0.05) is 18.8 Å². The van der Waals surface area contributed by atoms with E-state index in [2.05, 4.69) is 15.3 Å². The molecule has 0 fully saturated rings. The number of sulfonamides is 1. The first-order chi connectivity index (χ1) is 13.2. The van der Waals surface area contributed by atoms with Gasteiger partial charge in [-0.2, -0.15) is 4.98 Å². The average molecular weight is 423 g/mol. The Morgan fingerprint density at radius 1 is 1.36 bits per heavy atom. The molecule has 0 bridgehead atoms. The molecule has 2 aromatic rings. The summed E-state index contributed by atoms with van der Waals surface area (Å²) in [5.74, 6) is 0.488. The van der Waals surface area contributed by atoms with Crippen LogP contribution in [0.2, 0.25) is 0 Å². The Hall–Kier alpha value is -2.99. The second-order valence-electron chi connectivity index (χ2n) is 5.78. The van der Waals surface area contributed by atoms with Gasteiger partial charge in [-0.1, -0.05) is 18.3 Å². The fourth-order valence-corrected chi connectivity index (χ4v) is 3.84. The molecule has 1 aromatic carbocycles. The SMILES string of the molecule is COc1cc(C)nc(NC(=O)NS(=O)(=O)c2cccc3c2N(C)C(=S)CO3)n1. The molecule has 0 unspecified atom stereocenters. The third-order valence-corrected chi connectivity index (χ3v) is 5.56. The number of hydrogen-bond donors (Lipinski definition) is 2. The Bertz CT molecular complexity index is 1060. The summed E-state index contributed by atoms with van der Waals surface area (Å²) in [7, 11) is -1.18. The lowest BCUT2D eigenvalue weighted by Gasteiger charge is -2.29. The van der Waals surface area contributed by atoms with Gasteiger partial charge in [0.05, 0.1) is 7.11 Å². The van der Waals surface area contributed by atoms with Crippen LogP contribution in [0.15, 0.2) is 29.2 Å². The van der Waals surface area contributed by atoms with Gasteiger partial charge < -0.3 is 14.4 Å². The number of likely N-dealkylation sites (N-methyl/N-ethyl adjacent to an activating group) is 1. The zero-order valence-corrected chi connectivity index (χ0v) is 16.8. The summed E-state index contributed by atoms with van der Waals surface area (Å²) in [6.07, 6.45) is 0. The minimum atomic E-state index is -4.23. The number of hydrogen-bond acceptors (Lipinski definition) is 8. The normalized spacial score (nSPS) is 13.4. The van der Waals surface area contributed by atoms with Crippen LogP contribution in [0, 0.1) is 6.92 Å². The highest BCUT2D eigenvalue weighted by atomic mass is 32.2. The molecule has 0 radical (unpaired) electrons. The van der Waals surface area contributed by atoms with Gasteiger partial charge in [-0.25, -0.2) is 22.9 Å². The van der Waals surface area contributed by atoms with Crippen LogP contribution in [0.25, 0.3) is 0 Å². The first-order valence-electron chi connectivity index (χ1n) is 7.97. The first-order valence-corrected chi connectivity index (χ1v) is 9.86. The summed E-state index contributed by atoms with van der Waals surface area (Å²) < 4.78 is 38.0. The number of amides is 2. The van der Waals surface area contributed by atoms with Gasteiger partial charge in [-0.15, -0.1) is 0 Å². The molecule has 0 atom stereocenters. The molecule has 2 amide bonds. The minimum Gasteiger partial charge on any atom is -0.484 e. The van der Waals surface area contributed by atoms with E-state index in [1.54, 1.807) is 26.1 Å². The van der Waals surface area contributed by atoms with E-state index in [4.69, 9.17) is 21.7 Å². The third kappa shape index (κ3) is 3.97. The largest absolute Gasteiger partial charge is 0.484 e. The monoisotopic (exact) mass is 423 g/mol. The lowest BCUT2D eigenvalue weighted by molar-refractivity contribution is 0.256. The van der Waals surface area contributed by atoms with Crippen LogP contribution >= 0.6 is 12.2 Å². The number of nitrogens with zero attached hydrogens (tertiary/aromatic N) is 3. The number of anilines is 2. The standard InChI is InChI=1S/C16H17N5O5S2/c1-9-7-12(25-3)18-15(17-9)19-16(22)20-28(23,24)11-6-4-5-10-14(11)21(2)13(27)8-26-10/h4-7H,8H2,1-3H3,(H2,17,18,19,20,22). The van der Waals surface area contributed by atoms with Gasteiger partial charge in [-0.05, 0) is 19.1 Å². The number of para-hydroxylation sites is 1. The Morgan fingerprint density at radius 2 is 2.11 bits per heavy atom. The number of thiocarbonyl (C=S) groups is 1. The number of rotatable bonds is 4. The summed E-state index contributed by atoms with van der Waals surface area (Å²) in [6, 6.07) is 5.04. The van der Waals surface area contributed by atoms with Crippen molar-refractivity contribution in [3.8, 4) is 11.6 Å². The number of aromatic nitrogens is 2. The van der Waals surface area contributed by atoms with Crippen molar-refractivity contribution in [3.63, 3.8) is 0 Å². The number of carbonyl (C=O) groups excluding carboxylic acids is 1. The van der Waals surface area contributed by atoms with Crippen LogP contribution in [-0.2, 0) is 10.0 Å². The van der Waals surface area contributed by atoms with E-state index in [1.165, 1.54) is 24.1 Å². The Labute approximate surface area is 166 Å². The zero-order valence-electron chi connectivity index (χ0n) is 15.2. The van der Waals surface area contributed by atoms with Gasteiger partial charge >= 0.3 is 6.03 Å². The summed E-state index contributed by atoms with van der Waals surface area (Å²) in [5.41, 5.74) is 0.793. The molecule has 3 rings (SSSR count). The number of aryl methyl sites for hydroxylation is 1. The molecule has 0 saturated carbocycles. The quantitative estimate of drug-likeness (QED) is 0.704. The van der Waals surface area contributed by atoms with Crippen molar-refractivity contribution in [2.24, 2.45) is 0 Å². The van der Waals surface area contributed by atoms with Crippen molar-refractivity contribution in [1.29, 1.82) is 0 Å². The fraction of sp³-hybridized carbons (Fsp3) is 0.250. The van der Waals surface area contributed by atoms with Gasteiger partial charge in [-0.3, -0.25) is 5.32 Å². The molecule has 0 spiro atoms. The molecule has 28 heavy (non-hydrogen) atoms. The number of ether oxygens (including phenoxy) is 2. The molecule has 1 aromatic heterocycles. The Kier molecular flexibility index (Phi) is 5.34. The van der Waals surface area contributed by atoms with Crippen LogP contribution in [0.1, 0.15) is 5.69 Å². The van der Waals surface area contributed by atoms with Gasteiger partial charge in [0.1, 0.15) is 27.9 Å². The summed E-state index contributed by atoms with van der Waals surface area (Å²) in [6.45, 7) is 1.85. The predicted molar refractivity (Wildman–Crippen MR) is 106 cm³/mol. The Balaban J connectivity index is 1.86. The zero-order chi connectivity index (χ0) is 20.5. The van der Waals surface area contributed by atoms with E-state index in [9.17, 15) is 13.2 Å². The van der Waals surface area contributed by atoms with E-state index in [0.29, 0.717) is 16.4 Å². The van der Waals surface area contributed by atoms with Gasteiger partial charge in [0.2, 0.25) is 11.8 Å². The minimum absolute atomic E-state index is 0.0960. The van der Waals surface area contributed by atoms with E-state index < -0.39 is 16.1 Å². The molecule has 2 N–H and O–H groups in total. The lowest BCUT2D eigenvalue weighted by atomic mass is 10.2. The summed E-state index contributed by atoms with van der Waals surface area (Å²) >= 11 is 5.18. The smallest absolute Gasteiger partial charge is 0.335 e. The van der Waals surface area contributed by atoms with Crippen LogP contribution in [-0.4, -0.2) is 50.2 Å². The lowest BCUT2D eigenvalue weighted by Crippen LogP contribution is -2.38. The fourth-order valence-electron chi connectivity index (χ4n) is 2.53. The van der Waals surface area contributed by atoms with Gasteiger partial charge in [0.25, 0.3) is 10.0 Å². The highest BCUT2D eigenvalue weighted by Crippen LogP contribution is 2.37. The van der Waals surface area contributed by atoms with Gasteiger partial charge in [0.15, 0.2) is 0 Å². The highest BCUT2D eigenvalue weighted by molar-refractivity contribution is 7.90. The maximum atomic E-state index is 12.8. The number of benzene rings is 1. The predicted octanol–water partition coefficient (Wildman–Crippen LogP) is 1.46. The maximum Gasteiger partial charge on any atom is 0.335 e. The van der Waals surface area contributed by atoms with Crippen molar-refractivity contribution >= 4 is 44.9 Å². The second-order valence-corrected chi connectivity index (χ2v) is 7.90. The third-order valence-electron chi connectivity index (χ3n) is 3.80. The number of nitrogens with one attached hydrogen (secondary N) is 2. The Morgan fingerprint density at radius 3 is 2.82 bits per heavy atom. The molecule has 0 aliphatic carbocycles. The molecular formula is C16H17N5O5S2. The van der Waals surface area contributed by atoms with Crippen LogP contribution in [0.4, 0.5) is 16.4 Å². The van der Waals surface area contributed by atoms with Crippen LogP contribution in [0.5, 0.6) is 11.6 Å². The summed E-state index contributed by atoms with van der Waals surface area (Å²) in [4.78, 5) is 22.0. The number of methoxy groups -OCH3 is 1. The molecule has 12 heteroatoms. The molecule has 1 aliphatic heterocycles. The van der Waals surface area contributed by atoms with E-state index in [0.717, 1.165) is 0 Å². The average Bonchev–Trinajstić information content (AvgIpc) is 2.63. The van der Waals surface area contributed by atoms with E-state index in [-0.39, 0.29) is 29.0 Å². The van der Waals surface area contributed by atoms with Crippen LogP contribution in [0.3, 0.4) is 0 Å². The molecule has 2 heterocycles. The number of urea groups is 1. The maximum absolute atomic E-state index is 12.8. The molecule has 0 saturated heterocycles. The van der Waals surface area contributed by atoms with Crippen molar-refractivity contribution in [3.05, 3.63) is 30.0 Å². The number of carbonyl (C=O) groups is 1. The van der Waals surface area contributed by atoms with Crippen molar-refractivity contribution < 1.29 is 22.7 Å². The van der Waals surface area contributed by atoms with Crippen molar-refractivity contribution in [2.75, 3.05) is 31.0 Å². The van der Waals surface area contributed by atoms with Crippen molar-refractivity contribution in [2.45, 2.75) is 11.8 Å². The molecule has 10 nitrogen and oxygen atoms in total. The van der Waals surface area contributed by atoms with E-state index in [1.807, 2.05) is 4.72 Å². The molecule has 1 aliphatic rings.